The third-order valence-electron chi connectivity index (χ3n) is 4.07. The number of aromatic amines is 1. The van der Waals surface area contributed by atoms with Gasteiger partial charge in [0.15, 0.2) is 5.69 Å². The van der Waals surface area contributed by atoms with Crippen molar-refractivity contribution >= 4 is 29.2 Å². The van der Waals surface area contributed by atoms with Crippen LogP contribution in [0.15, 0.2) is 48.5 Å². The van der Waals surface area contributed by atoms with Gasteiger partial charge in [-0.2, -0.15) is 18.3 Å². The van der Waals surface area contributed by atoms with Crippen molar-refractivity contribution in [2.75, 3.05) is 11.9 Å². The van der Waals surface area contributed by atoms with Crippen molar-refractivity contribution in [3.05, 3.63) is 70.4 Å². The smallest absolute Gasteiger partial charge is 0.416 e. The maximum Gasteiger partial charge on any atom is 0.416 e. The zero-order valence-electron chi connectivity index (χ0n) is 15.5. The van der Waals surface area contributed by atoms with Crippen LogP contribution in [0.5, 0.6) is 0 Å². The first kappa shape index (κ1) is 21.4. The molecule has 6 nitrogen and oxygen atoms in total. The molecular weight excluding hydrogens is 423 g/mol. The van der Waals surface area contributed by atoms with Crippen molar-refractivity contribution in [1.29, 1.82) is 0 Å². The topological polar surface area (TPSA) is 84.1 Å². The average Bonchev–Trinajstić information content (AvgIpc) is 3.18. The summed E-state index contributed by atoms with van der Waals surface area (Å²) in [7, 11) is 0. The molecule has 0 saturated carbocycles. The number of esters is 1. The van der Waals surface area contributed by atoms with Gasteiger partial charge in [0.1, 0.15) is 0 Å². The lowest BCUT2D eigenvalue weighted by Crippen LogP contribution is -2.14. The Morgan fingerprint density at radius 2 is 1.90 bits per heavy atom. The molecule has 2 N–H and O–H groups in total. The molecule has 2 aromatic carbocycles. The predicted molar refractivity (Wildman–Crippen MR) is 104 cm³/mol. The molecule has 0 aliphatic rings. The Labute approximate surface area is 174 Å². The van der Waals surface area contributed by atoms with E-state index in [2.05, 4.69) is 15.5 Å². The first-order chi connectivity index (χ1) is 14.2. The summed E-state index contributed by atoms with van der Waals surface area (Å²) in [4.78, 5) is 24.4. The van der Waals surface area contributed by atoms with Crippen LogP contribution in [0.3, 0.4) is 0 Å². The van der Waals surface area contributed by atoms with Crippen LogP contribution in [-0.4, -0.2) is 28.7 Å². The number of carbonyl (C=O) groups is 2. The molecule has 0 radical (unpaired) electrons. The van der Waals surface area contributed by atoms with Crippen molar-refractivity contribution < 1.29 is 27.5 Å². The van der Waals surface area contributed by atoms with Gasteiger partial charge in [-0.15, -0.1) is 0 Å². The summed E-state index contributed by atoms with van der Waals surface area (Å²) in [5.41, 5.74) is 0.297. The molecule has 0 bridgehead atoms. The van der Waals surface area contributed by atoms with E-state index in [4.69, 9.17) is 16.3 Å². The van der Waals surface area contributed by atoms with Crippen LogP contribution in [0.25, 0.3) is 11.3 Å². The van der Waals surface area contributed by atoms with Gasteiger partial charge in [0.2, 0.25) is 0 Å². The highest BCUT2D eigenvalue weighted by Crippen LogP contribution is 2.33. The quantitative estimate of drug-likeness (QED) is 0.539. The number of nitrogens with zero attached hydrogens (tertiary/aromatic N) is 1. The van der Waals surface area contributed by atoms with Gasteiger partial charge < -0.3 is 10.1 Å². The van der Waals surface area contributed by atoms with E-state index in [9.17, 15) is 22.8 Å². The zero-order chi connectivity index (χ0) is 21.9. The van der Waals surface area contributed by atoms with Gasteiger partial charge in [0, 0.05) is 5.56 Å². The second-order valence-electron chi connectivity index (χ2n) is 6.08. The molecule has 30 heavy (non-hydrogen) atoms. The van der Waals surface area contributed by atoms with Crippen LogP contribution >= 0.6 is 11.6 Å². The number of nitrogens with one attached hydrogen (secondary N) is 2. The average molecular weight is 438 g/mol. The Bertz CT molecular complexity index is 1100. The van der Waals surface area contributed by atoms with Crippen LogP contribution in [0.4, 0.5) is 18.9 Å². The van der Waals surface area contributed by atoms with Gasteiger partial charge in [-0.05, 0) is 37.3 Å². The SMILES string of the molecule is CCOC(=O)c1cc(-c2ccccc2NC(=O)c2ccc(C(F)(F)F)cc2Cl)[nH]n1. The molecule has 0 spiro atoms. The van der Waals surface area contributed by atoms with Crippen molar-refractivity contribution in [2.24, 2.45) is 0 Å². The highest BCUT2D eigenvalue weighted by Gasteiger charge is 2.31. The molecule has 1 aromatic heterocycles. The fourth-order valence-corrected chi connectivity index (χ4v) is 2.93. The summed E-state index contributed by atoms with van der Waals surface area (Å²) in [5, 5.41) is 8.89. The third kappa shape index (κ3) is 4.62. The highest BCUT2D eigenvalue weighted by atomic mass is 35.5. The number of anilines is 1. The highest BCUT2D eigenvalue weighted by molar-refractivity contribution is 6.34. The number of hydrogen-bond acceptors (Lipinski definition) is 4. The van der Waals surface area contributed by atoms with Crippen molar-refractivity contribution in [2.45, 2.75) is 13.1 Å². The van der Waals surface area contributed by atoms with Crippen LogP contribution in [0.1, 0.15) is 33.3 Å². The van der Waals surface area contributed by atoms with Crippen molar-refractivity contribution in [3.63, 3.8) is 0 Å². The number of benzene rings is 2. The summed E-state index contributed by atoms with van der Waals surface area (Å²) < 4.78 is 43.3. The largest absolute Gasteiger partial charge is 0.461 e. The Morgan fingerprint density at radius 1 is 1.17 bits per heavy atom. The summed E-state index contributed by atoms with van der Waals surface area (Å²) in [6, 6.07) is 10.6. The van der Waals surface area contributed by atoms with Gasteiger partial charge in [-0.3, -0.25) is 9.89 Å². The summed E-state index contributed by atoms with van der Waals surface area (Å²) in [6.07, 6.45) is -4.57. The molecule has 0 aliphatic carbocycles. The molecule has 1 heterocycles. The number of H-pyrrole nitrogens is 1. The van der Waals surface area contributed by atoms with Crippen LogP contribution in [-0.2, 0) is 10.9 Å². The second-order valence-corrected chi connectivity index (χ2v) is 6.49. The molecule has 156 valence electrons. The lowest BCUT2D eigenvalue weighted by atomic mass is 10.1. The lowest BCUT2D eigenvalue weighted by Gasteiger charge is -2.12. The molecule has 0 unspecified atom stereocenters. The van der Waals surface area contributed by atoms with E-state index in [0.717, 1.165) is 12.1 Å². The zero-order valence-corrected chi connectivity index (χ0v) is 16.3. The third-order valence-corrected chi connectivity index (χ3v) is 4.38. The van der Waals surface area contributed by atoms with E-state index in [1.807, 2.05) is 0 Å². The number of ether oxygens (including phenoxy) is 1. The molecule has 1 amide bonds. The van der Waals surface area contributed by atoms with Crippen LogP contribution in [0, 0.1) is 0 Å². The molecule has 3 aromatic rings. The summed E-state index contributed by atoms with van der Waals surface area (Å²) in [6.45, 7) is 1.87. The molecule has 3 rings (SSSR count). The molecule has 0 fully saturated rings. The fraction of sp³-hybridized carbons (Fsp3) is 0.150. The molecule has 10 heteroatoms. The number of para-hydroxylation sites is 1. The number of alkyl halides is 3. The van der Waals surface area contributed by atoms with Crippen molar-refractivity contribution in [1.82, 2.24) is 10.2 Å². The number of aromatic nitrogens is 2. The second kappa shape index (κ2) is 8.58. The Kier molecular flexibility index (Phi) is 6.12. The maximum atomic E-state index is 12.8. The number of amides is 1. The standard InChI is InChI=1S/C20H15ClF3N3O3/c1-2-30-19(29)17-10-16(26-27-17)13-5-3-4-6-15(13)25-18(28)12-8-7-11(9-14(12)21)20(22,23)24/h3-10H,2H2,1H3,(H,25,28)(H,26,27). The van der Waals surface area contributed by atoms with E-state index >= 15 is 0 Å². The lowest BCUT2D eigenvalue weighted by molar-refractivity contribution is -0.137. The predicted octanol–water partition coefficient (Wildman–Crippen LogP) is 5.18. The van der Waals surface area contributed by atoms with Gasteiger partial charge >= 0.3 is 12.1 Å². The molecular formula is C20H15ClF3N3O3. The minimum atomic E-state index is -4.57. The van der Waals surface area contributed by atoms with Crippen molar-refractivity contribution in [3.8, 4) is 11.3 Å². The van der Waals surface area contributed by atoms with Crippen LogP contribution in [0.2, 0.25) is 5.02 Å². The van der Waals surface area contributed by atoms with Crippen LogP contribution < -0.4 is 5.32 Å². The Hall–Kier alpha value is -3.33. The van der Waals surface area contributed by atoms with E-state index in [1.165, 1.54) is 6.07 Å². The summed E-state index contributed by atoms with van der Waals surface area (Å²) in [5.74, 6) is -1.29. The number of rotatable bonds is 5. The molecule has 0 atom stereocenters. The van der Waals surface area contributed by atoms with Gasteiger partial charge in [-0.1, -0.05) is 29.8 Å². The number of halogens is 4. The fourth-order valence-electron chi connectivity index (χ4n) is 2.66. The first-order valence-electron chi connectivity index (χ1n) is 8.70. The minimum Gasteiger partial charge on any atom is -0.461 e. The van der Waals surface area contributed by atoms with E-state index in [0.29, 0.717) is 23.0 Å². The maximum absolute atomic E-state index is 12.8. The number of hydrogen-bond donors (Lipinski definition) is 2. The summed E-state index contributed by atoms with van der Waals surface area (Å²) >= 11 is 5.89. The van der Waals surface area contributed by atoms with E-state index in [-0.39, 0.29) is 22.9 Å². The monoisotopic (exact) mass is 437 g/mol. The normalized spacial score (nSPS) is 11.2. The van der Waals surface area contributed by atoms with Gasteiger partial charge in [0.05, 0.1) is 34.1 Å². The number of carbonyl (C=O) groups excluding carboxylic acids is 2. The Balaban J connectivity index is 1.87. The minimum absolute atomic E-state index is 0.0683. The van der Waals surface area contributed by atoms with Gasteiger partial charge in [-0.25, -0.2) is 4.79 Å². The van der Waals surface area contributed by atoms with E-state index in [1.54, 1.807) is 31.2 Å². The van der Waals surface area contributed by atoms with E-state index < -0.39 is 23.6 Å². The molecule has 0 aliphatic heterocycles. The first-order valence-corrected chi connectivity index (χ1v) is 9.08. The Morgan fingerprint density at radius 3 is 2.57 bits per heavy atom. The van der Waals surface area contributed by atoms with Gasteiger partial charge in [0.25, 0.3) is 5.91 Å². The molecule has 0 saturated heterocycles.